The molecule has 0 unspecified atom stereocenters. The lowest BCUT2D eigenvalue weighted by atomic mass is 9.78. The Morgan fingerprint density at radius 2 is 0.924 bits per heavy atom. The molecular weight excluding hydrogens is 895 g/mol. The van der Waals surface area contributed by atoms with E-state index in [1.54, 1.807) is 20.8 Å². The zero-order chi connectivity index (χ0) is 49.8. The molecule has 3 aromatic rings. The minimum Gasteiger partial charge on any atom is -0.463 e. The van der Waals surface area contributed by atoms with Gasteiger partial charge < -0.3 is 33.5 Å². The molecule has 0 aliphatic heterocycles. The number of halogens is 9. The molecule has 0 heterocycles. The number of hydrogen-bond acceptors (Lipinski definition) is 10. The molecule has 10 nitrogen and oxygen atoms in total. The van der Waals surface area contributed by atoms with Gasteiger partial charge in [-0.05, 0) is 50.9 Å². The molecule has 0 aliphatic rings. The van der Waals surface area contributed by atoms with Crippen molar-refractivity contribution in [2.45, 2.75) is 126 Å². The largest absolute Gasteiger partial charge is 0.463 e. The van der Waals surface area contributed by atoms with Gasteiger partial charge in [-0.3, -0.25) is 0 Å². The normalized spacial score (nSPS) is 18.0. The van der Waals surface area contributed by atoms with Gasteiger partial charge in [-0.1, -0.05) is 118 Å². The van der Waals surface area contributed by atoms with E-state index < -0.39 is 113 Å². The number of benzene rings is 3. The standard InChI is InChI=1S/C47H57F9O10/c1-8-31(28-36(10-3)65-39(58)43(62-6,46(51,52)53)34-22-16-12-17-23-34)29-41(4,60)30-32(9-2)37(66-40(59)44(63-7,47(54,55)56)35-24-18-13-19-25-35)26-27-64-38(57)42(61-5,45(48,49)50)33-20-14-11-15-21-33/h11-25,31-32,36-37,60H,8-10,26-30H2,1-7H3/t31-,32+,36-,37+,41+,42-,43-,44-/m0/s1. The number of methoxy groups -OCH3 is 3. The SMILES string of the molecule is CC[C@@H](C[C@H](CC)OC(=O)[C@@](OC)(c1ccccc1)C(F)(F)F)C[C@@](C)(O)C[C@@H](CC)[C@@H](CCOC(=O)[C@@](OC)(c1ccccc1)C(F)(F)F)OC(=O)[C@@](OC)(c1ccccc1)C(F)(F)F. The smallest absolute Gasteiger partial charge is 0.432 e. The van der Waals surface area contributed by atoms with Crippen LogP contribution in [0.1, 0.15) is 89.3 Å². The second-order valence-electron chi connectivity index (χ2n) is 16.1. The second kappa shape index (κ2) is 22.9. The molecule has 368 valence electrons. The summed E-state index contributed by atoms with van der Waals surface area (Å²) in [5, 5.41) is 11.9. The van der Waals surface area contributed by atoms with Gasteiger partial charge in [0.15, 0.2) is 0 Å². The summed E-state index contributed by atoms with van der Waals surface area (Å²) in [6, 6.07) is 17.8. The summed E-state index contributed by atoms with van der Waals surface area (Å²) in [7, 11) is 2.01. The Kier molecular flexibility index (Phi) is 19.3. The molecule has 8 atom stereocenters. The Hall–Kier alpha value is -4.72. The Morgan fingerprint density at radius 1 is 0.545 bits per heavy atom. The number of alkyl halides is 9. The predicted molar refractivity (Wildman–Crippen MR) is 221 cm³/mol. The molecule has 0 radical (unpaired) electrons. The quantitative estimate of drug-likeness (QED) is 0.0527. The number of carbonyl (C=O) groups is 3. The van der Waals surface area contributed by atoms with Gasteiger partial charge in [0.1, 0.15) is 12.2 Å². The van der Waals surface area contributed by atoms with Crippen LogP contribution < -0.4 is 0 Å². The van der Waals surface area contributed by atoms with Gasteiger partial charge in [0.2, 0.25) is 0 Å². The number of carbonyl (C=O) groups excluding carboxylic acids is 3. The lowest BCUT2D eigenvalue weighted by molar-refractivity contribution is -0.280. The van der Waals surface area contributed by atoms with E-state index >= 15 is 0 Å². The molecule has 0 saturated heterocycles. The summed E-state index contributed by atoms with van der Waals surface area (Å²) >= 11 is 0. The van der Waals surface area contributed by atoms with Crippen LogP contribution in [0.15, 0.2) is 91.0 Å². The first-order valence-electron chi connectivity index (χ1n) is 21.2. The highest BCUT2D eigenvalue weighted by Crippen LogP contribution is 2.47. The van der Waals surface area contributed by atoms with E-state index in [0.717, 1.165) is 43.5 Å². The van der Waals surface area contributed by atoms with Crippen molar-refractivity contribution in [3.8, 4) is 0 Å². The number of aliphatic hydroxyl groups is 1. The Labute approximate surface area is 378 Å². The number of ether oxygens (including phenoxy) is 6. The fourth-order valence-electron chi connectivity index (χ4n) is 8.25. The maximum Gasteiger partial charge on any atom is 0.432 e. The molecule has 0 aliphatic carbocycles. The first-order chi connectivity index (χ1) is 30.8. The van der Waals surface area contributed by atoms with Crippen LogP contribution in [0, 0.1) is 11.8 Å². The summed E-state index contributed by atoms with van der Waals surface area (Å²) in [6.07, 6.45) is -19.7. The van der Waals surface area contributed by atoms with Crippen LogP contribution in [-0.2, 0) is 59.6 Å². The highest BCUT2D eigenvalue weighted by atomic mass is 19.4. The van der Waals surface area contributed by atoms with Gasteiger partial charge in [0, 0.05) is 44.4 Å². The van der Waals surface area contributed by atoms with Crippen LogP contribution in [0.4, 0.5) is 39.5 Å². The number of hydrogen-bond donors (Lipinski definition) is 1. The Balaban J connectivity index is 1.97. The fourth-order valence-corrected chi connectivity index (χ4v) is 8.25. The lowest BCUT2D eigenvalue weighted by Crippen LogP contribution is -2.53. The molecule has 0 amide bonds. The van der Waals surface area contributed by atoms with E-state index in [4.69, 9.17) is 28.4 Å². The van der Waals surface area contributed by atoms with Crippen LogP contribution >= 0.6 is 0 Å². The molecule has 0 saturated carbocycles. The Morgan fingerprint density at radius 3 is 1.26 bits per heavy atom. The van der Waals surface area contributed by atoms with Crippen LogP contribution in [-0.4, -0.2) is 87.3 Å². The monoisotopic (exact) mass is 952 g/mol. The van der Waals surface area contributed by atoms with E-state index in [0.29, 0.717) is 20.6 Å². The van der Waals surface area contributed by atoms with Crippen molar-refractivity contribution in [3.05, 3.63) is 108 Å². The molecule has 3 aromatic carbocycles. The molecule has 0 aromatic heterocycles. The average Bonchev–Trinajstić information content (AvgIpc) is 3.25. The van der Waals surface area contributed by atoms with Crippen molar-refractivity contribution in [3.63, 3.8) is 0 Å². The minimum atomic E-state index is -5.43. The van der Waals surface area contributed by atoms with Crippen LogP contribution in [0.5, 0.6) is 0 Å². The van der Waals surface area contributed by atoms with Crippen LogP contribution in [0.2, 0.25) is 0 Å². The van der Waals surface area contributed by atoms with Crippen molar-refractivity contribution in [2.75, 3.05) is 27.9 Å². The Bertz CT molecular complexity index is 1980. The summed E-state index contributed by atoms with van der Waals surface area (Å²) in [4.78, 5) is 40.8. The molecular formula is C47H57F9O10. The van der Waals surface area contributed by atoms with Crippen molar-refractivity contribution in [1.82, 2.24) is 0 Å². The van der Waals surface area contributed by atoms with E-state index in [2.05, 4.69) is 0 Å². The zero-order valence-electron chi connectivity index (χ0n) is 37.6. The molecule has 1 N–H and O–H groups in total. The van der Waals surface area contributed by atoms with Gasteiger partial charge in [0.25, 0.3) is 16.8 Å². The maximum absolute atomic E-state index is 15.0. The average molecular weight is 953 g/mol. The van der Waals surface area contributed by atoms with Gasteiger partial charge in [-0.15, -0.1) is 0 Å². The highest BCUT2D eigenvalue weighted by molar-refractivity contribution is 5.84. The molecule has 0 spiro atoms. The summed E-state index contributed by atoms with van der Waals surface area (Å²) < 4.78 is 163. The molecule has 0 fully saturated rings. The zero-order valence-corrected chi connectivity index (χ0v) is 37.6. The van der Waals surface area contributed by atoms with Crippen molar-refractivity contribution in [1.29, 1.82) is 0 Å². The summed E-state index contributed by atoms with van der Waals surface area (Å²) in [6.45, 7) is 5.27. The first-order valence-corrected chi connectivity index (χ1v) is 21.2. The maximum atomic E-state index is 15.0. The molecule has 3 rings (SSSR count). The minimum absolute atomic E-state index is 0.0179. The van der Waals surface area contributed by atoms with E-state index in [1.165, 1.54) is 61.5 Å². The topological polar surface area (TPSA) is 127 Å². The van der Waals surface area contributed by atoms with Crippen LogP contribution in [0.3, 0.4) is 0 Å². The molecule has 0 bridgehead atoms. The van der Waals surface area contributed by atoms with Crippen molar-refractivity contribution in [2.24, 2.45) is 11.8 Å². The third-order valence-corrected chi connectivity index (χ3v) is 11.8. The lowest BCUT2D eigenvalue weighted by Gasteiger charge is -2.38. The summed E-state index contributed by atoms with van der Waals surface area (Å²) in [5.41, 5.74) is -14.4. The van der Waals surface area contributed by atoms with E-state index in [9.17, 15) is 59.0 Å². The van der Waals surface area contributed by atoms with Gasteiger partial charge in [-0.2, -0.15) is 39.5 Å². The molecule has 66 heavy (non-hydrogen) atoms. The van der Waals surface area contributed by atoms with Crippen molar-refractivity contribution >= 4 is 17.9 Å². The van der Waals surface area contributed by atoms with Gasteiger partial charge in [-0.25, -0.2) is 14.4 Å². The summed E-state index contributed by atoms with van der Waals surface area (Å²) in [5.74, 6) is -7.20. The highest BCUT2D eigenvalue weighted by Gasteiger charge is 2.66. The second-order valence-corrected chi connectivity index (χ2v) is 16.1. The molecule has 19 heteroatoms. The van der Waals surface area contributed by atoms with E-state index in [-0.39, 0.29) is 32.1 Å². The fraction of sp³-hybridized carbons (Fsp3) is 0.553. The number of esters is 3. The van der Waals surface area contributed by atoms with E-state index in [1.807, 2.05) is 0 Å². The third kappa shape index (κ3) is 12.0. The van der Waals surface area contributed by atoms with Gasteiger partial charge in [0.05, 0.1) is 12.2 Å². The van der Waals surface area contributed by atoms with Crippen molar-refractivity contribution < 1.29 is 87.4 Å². The predicted octanol–water partition coefficient (Wildman–Crippen LogP) is 10.4. The first kappa shape index (κ1) is 55.6. The van der Waals surface area contributed by atoms with Gasteiger partial charge >= 0.3 is 36.4 Å². The number of rotatable bonds is 24. The third-order valence-electron chi connectivity index (χ3n) is 11.8. The van der Waals surface area contributed by atoms with Crippen LogP contribution in [0.25, 0.3) is 0 Å².